The second-order valence-corrected chi connectivity index (χ2v) is 10.0. The number of benzene rings is 2. The molecule has 1 saturated heterocycles. The molecule has 10 nitrogen and oxygen atoms in total. The lowest BCUT2D eigenvalue weighted by molar-refractivity contribution is -0.193. The summed E-state index contributed by atoms with van der Waals surface area (Å²) in [6, 6.07) is 15.8. The van der Waals surface area contributed by atoms with Gasteiger partial charge in [0.15, 0.2) is 0 Å². The number of hydrogen-bond donors (Lipinski definition) is 6. The van der Waals surface area contributed by atoms with Crippen LogP contribution in [0.15, 0.2) is 48.5 Å². The van der Waals surface area contributed by atoms with Crippen molar-refractivity contribution in [1.29, 1.82) is 0 Å². The van der Waals surface area contributed by atoms with Crippen molar-refractivity contribution in [3.05, 3.63) is 70.8 Å². The molecule has 0 saturated carbocycles. The largest absolute Gasteiger partial charge is 0.490 e. The van der Waals surface area contributed by atoms with Crippen molar-refractivity contribution in [2.24, 2.45) is 5.92 Å². The smallest absolute Gasteiger partial charge is 0.475 e. The van der Waals surface area contributed by atoms with E-state index in [1.165, 1.54) is 16.7 Å². The number of halogens is 6. The number of carboxylic acid groups (broad SMARTS) is 2. The maximum absolute atomic E-state index is 12.6. The fraction of sp³-hybridized carbons (Fsp3) is 0.429. The summed E-state index contributed by atoms with van der Waals surface area (Å²) in [6.07, 6.45) is -8.41. The van der Waals surface area contributed by atoms with Crippen LogP contribution < -0.4 is 21.3 Å². The van der Waals surface area contributed by atoms with Crippen molar-refractivity contribution in [3.8, 4) is 0 Å². The number of alkyl halides is 6. The number of carbonyl (C=O) groups is 4. The SMILES string of the molecule is C[C@H](NC(=O)[C@H]1C[C@H](Cc2ccccc2)CN1)C(=O)NCc1ccc2c(c1)CNC2.O=C(O)C(F)(F)F.O=C(O)C(F)(F)F. The van der Waals surface area contributed by atoms with Crippen LogP contribution >= 0.6 is 0 Å². The standard InChI is InChI=1S/C24H30N4O2.2C2HF3O2/c1-16(23(29)27-12-18-7-8-20-14-25-15-21(20)10-18)28-24(30)22-11-19(13-26-22)9-17-5-3-2-4-6-17;2*3-2(4,5)1(6)7/h2-8,10,16,19,22,25-26H,9,11-15H2,1H3,(H,27,29)(H,28,30);2*(H,6,7)/t16-,19-,22+;;/m0../s1. The third-order valence-electron chi connectivity index (χ3n) is 6.51. The average Bonchev–Trinajstić information content (AvgIpc) is 3.61. The Balaban J connectivity index is 0.000000402. The van der Waals surface area contributed by atoms with Gasteiger partial charge in [-0.2, -0.15) is 26.3 Å². The summed E-state index contributed by atoms with van der Waals surface area (Å²) in [6.45, 7) is 4.81. The molecule has 0 spiro atoms. The highest BCUT2D eigenvalue weighted by atomic mass is 19.4. The van der Waals surface area contributed by atoms with Gasteiger partial charge in [-0.05, 0) is 54.5 Å². The highest BCUT2D eigenvalue weighted by molar-refractivity contribution is 5.89. The molecule has 2 amide bonds. The fourth-order valence-electron chi connectivity index (χ4n) is 4.29. The van der Waals surface area contributed by atoms with Crippen molar-refractivity contribution >= 4 is 23.8 Å². The summed E-state index contributed by atoms with van der Waals surface area (Å²) in [7, 11) is 0. The van der Waals surface area contributed by atoms with Gasteiger partial charge in [0.2, 0.25) is 11.8 Å². The summed E-state index contributed by atoms with van der Waals surface area (Å²) in [5, 5.41) is 26.7. The number of carboxylic acids is 2. The second kappa shape index (κ2) is 16.0. The van der Waals surface area contributed by atoms with Crippen LogP contribution in [-0.4, -0.2) is 64.9 Å². The molecule has 44 heavy (non-hydrogen) atoms. The summed E-state index contributed by atoms with van der Waals surface area (Å²) in [5.74, 6) is -5.35. The minimum absolute atomic E-state index is 0.100. The van der Waals surface area contributed by atoms with Crippen LogP contribution in [0.25, 0.3) is 0 Å². The van der Waals surface area contributed by atoms with Gasteiger partial charge in [-0.15, -0.1) is 0 Å². The summed E-state index contributed by atoms with van der Waals surface area (Å²) < 4.78 is 63.5. The lowest BCUT2D eigenvalue weighted by atomic mass is 9.96. The van der Waals surface area contributed by atoms with Gasteiger partial charge in [0, 0.05) is 19.6 Å². The zero-order chi connectivity index (χ0) is 33.1. The molecule has 2 aromatic rings. The van der Waals surface area contributed by atoms with Crippen LogP contribution in [0.5, 0.6) is 0 Å². The Labute approximate surface area is 248 Å². The first-order valence-corrected chi connectivity index (χ1v) is 13.2. The zero-order valence-electron chi connectivity index (χ0n) is 23.4. The molecule has 0 unspecified atom stereocenters. The second-order valence-electron chi connectivity index (χ2n) is 10.0. The minimum Gasteiger partial charge on any atom is -0.475 e. The van der Waals surface area contributed by atoms with E-state index in [0.29, 0.717) is 12.5 Å². The average molecular weight is 635 g/mol. The number of nitrogens with one attached hydrogen (secondary N) is 4. The van der Waals surface area contributed by atoms with Gasteiger partial charge in [-0.25, -0.2) is 9.59 Å². The van der Waals surface area contributed by atoms with Crippen LogP contribution in [-0.2, 0) is 45.2 Å². The van der Waals surface area contributed by atoms with E-state index in [4.69, 9.17) is 19.8 Å². The number of carbonyl (C=O) groups excluding carboxylic acids is 2. The van der Waals surface area contributed by atoms with E-state index in [0.717, 1.165) is 38.0 Å². The molecule has 1 fully saturated rings. The van der Waals surface area contributed by atoms with Crippen LogP contribution in [0.1, 0.15) is 35.6 Å². The van der Waals surface area contributed by atoms with Crippen molar-refractivity contribution in [3.63, 3.8) is 0 Å². The van der Waals surface area contributed by atoms with Gasteiger partial charge in [-0.1, -0.05) is 48.5 Å². The predicted molar refractivity (Wildman–Crippen MR) is 144 cm³/mol. The maximum Gasteiger partial charge on any atom is 0.490 e. The quantitative estimate of drug-likeness (QED) is 0.254. The van der Waals surface area contributed by atoms with Gasteiger partial charge < -0.3 is 31.5 Å². The van der Waals surface area contributed by atoms with E-state index >= 15 is 0 Å². The molecule has 4 rings (SSSR count). The first-order valence-electron chi connectivity index (χ1n) is 13.2. The molecule has 0 radical (unpaired) electrons. The monoisotopic (exact) mass is 634 g/mol. The van der Waals surface area contributed by atoms with Crippen molar-refractivity contribution < 1.29 is 55.7 Å². The molecule has 16 heteroatoms. The lowest BCUT2D eigenvalue weighted by Gasteiger charge is -2.17. The molecule has 0 aromatic heterocycles. The first kappa shape index (κ1) is 36.0. The Morgan fingerprint density at radius 3 is 2.02 bits per heavy atom. The molecule has 6 N–H and O–H groups in total. The Bertz CT molecular complexity index is 1270. The third-order valence-corrected chi connectivity index (χ3v) is 6.51. The molecular weight excluding hydrogens is 602 g/mol. The van der Waals surface area contributed by atoms with Crippen molar-refractivity contribution in [2.75, 3.05) is 6.54 Å². The van der Waals surface area contributed by atoms with Gasteiger partial charge in [0.25, 0.3) is 0 Å². The highest BCUT2D eigenvalue weighted by Crippen LogP contribution is 2.20. The zero-order valence-corrected chi connectivity index (χ0v) is 23.4. The Hall–Kier alpha value is -4.18. The molecule has 2 aromatic carbocycles. The molecule has 0 bridgehead atoms. The molecule has 0 aliphatic carbocycles. The summed E-state index contributed by atoms with van der Waals surface area (Å²) >= 11 is 0. The highest BCUT2D eigenvalue weighted by Gasteiger charge is 2.39. The lowest BCUT2D eigenvalue weighted by Crippen LogP contribution is -2.49. The first-order chi connectivity index (χ1) is 20.5. The molecule has 3 atom stereocenters. The van der Waals surface area contributed by atoms with E-state index in [-0.39, 0.29) is 17.9 Å². The normalized spacial score (nSPS) is 18.0. The fourth-order valence-corrected chi connectivity index (χ4v) is 4.29. The van der Waals surface area contributed by atoms with Gasteiger partial charge in [0.05, 0.1) is 6.04 Å². The summed E-state index contributed by atoms with van der Waals surface area (Å²) in [4.78, 5) is 42.8. The van der Waals surface area contributed by atoms with Crippen LogP contribution in [0.2, 0.25) is 0 Å². The van der Waals surface area contributed by atoms with E-state index in [1.54, 1.807) is 6.92 Å². The van der Waals surface area contributed by atoms with Gasteiger partial charge >= 0.3 is 24.3 Å². The Kier molecular flexibility index (Phi) is 13.1. The van der Waals surface area contributed by atoms with Crippen molar-refractivity contribution in [1.82, 2.24) is 21.3 Å². The van der Waals surface area contributed by atoms with Crippen LogP contribution in [0.4, 0.5) is 26.3 Å². The van der Waals surface area contributed by atoms with E-state index in [2.05, 4.69) is 45.5 Å². The third kappa shape index (κ3) is 12.2. The molecule has 2 heterocycles. The molecule has 242 valence electrons. The molecule has 2 aliphatic rings. The van der Waals surface area contributed by atoms with E-state index in [9.17, 15) is 35.9 Å². The number of aliphatic carboxylic acids is 2. The van der Waals surface area contributed by atoms with E-state index < -0.39 is 30.3 Å². The molecule has 2 aliphatic heterocycles. The summed E-state index contributed by atoms with van der Waals surface area (Å²) in [5.41, 5.74) is 4.98. The molecular formula is C28H32F6N4O6. The van der Waals surface area contributed by atoms with Crippen LogP contribution in [0, 0.1) is 5.92 Å². The van der Waals surface area contributed by atoms with Gasteiger partial charge in [-0.3, -0.25) is 9.59 Å². The topological polar surface area (TPSA) is 157 Å². The number of amides is 2. The predicted octanol–water partition coefficient (Wildman–Crippen LogP) is 2.90. The maximum atomic E-state index is 12.6. The number of hydrogen-bond acceptors (Lipinski definition) is 6. The van der Waals surface area contributed by atoms with E-state index in [1.807, 2.05) is 24.3 Å². The Morgan fingerprint density at radius 1 is 0.886 bits per heavy atom. The van der Waals surface area contributed by atoms with Gasteiger partial charge in [0.1, 0.15) is 6.04 Å². The number of rotatable bonds is 7. The van der Waals surface area contributed by atoms with Crippen molar-refractivity contribution in [2.45, 2.75) is 63.8 Å². The number of fused-ring (bicyclic) bond motifs is 1. The Morgan fingerprint density at radius 2 is 1.45 bits per heavy atom. The van der Waals surface area contributed by atoms with Crippen LogP contribution in [0.3, 0.4) is 0 Å². The minimum atomic E-state index is -5.08.